The van der Waals surface area contributed by atoms with Crippen LogP contribution in [0.2, 0.25) is 0 Å². The number of amides is 2. The highest BCUT2D eigenvalue weighted by Gasteiger charge is 2.74. The fourth-order valence-corrected chi connectivity index (χ4v) is 8.68. The summed E-state index contributed by atoms with van der Waals surface area (Å²) in [4.78, 5) is 45.8. The van der Waals surface area contributed by atoms with Crippen LogP contribution < -0.4 is 0 Å². The number of aliphatic hydroxyl groups is 1. The van der Waals surface area contributed by atoms with Gasteiger partial charge in [0.15, 0.2) is 0 Å². The van der Waals surface area contributed by atoms with E-state index in [2.05, 4.69) is 19.1 Å². The number of fused-ring (bicyclic) bond motifs is 2. The summed E-state index contributed by atoms with van der Waals surface area (Å²) < 4.78 is 4.04. The fourth-order valence-electron chi connectivity index (χ4n) is 6.54. The summed E-state index contributed by atoms with van der Waals surface area (Å²) in [6.07, 6.45) is 11.5. The van der Waals surface area contributed by atoms with Crippen molar-refractivity contribution in [3.05, 3.63) is 60.2 Å². The quantitative estimate of drug-likeness (QED) is 0.453. The van der Waals surface area contributed by atoms with Gasteiger partial charge < -0.3 is 19.6 Å². The first kappa shape index (κ1) is 26.0. The number of ether oxygens (including phenoxy) is 1. The molecule has 7 nitrogen and oxygen atoms in total. The van der Waals surface area contributed by atoms with Gasteiger partial charge in [0.25, 0.3) is 0 Å². The van der Waals surface area contributed by atoms with Crippen LogP contribution in [0.1, 0.15) is 51.1 Å². The van der Waals surface area contributed by atoms with Crippen LogP contribution in [0.15, 0.2) is 54.6 Å². The van der Waals surface area contributed by atoms with E-state index in [9.17, 15) is 19.5 Å². The molecule has 2 amide bonds. The molecule has 0 bridgehead atoms. The minimum absolute atomic E-state index is 0.122. The Hall–Kier alpha value is -2.58. The lowest BCUT2D eigenvalue weighted by Gasteiger charge is -2.40. The second-order valence-corrected chi connectivity index (χ2v) is 12.4. The Morgan fingerprint density at radius 1 is 1.11 bits per heavy atom. The summed E-state index contributed by atoms with van der Waals surface area (Å²) in [5, 5.41) is 10.6. The molecule has 0 saturated carbocycles. The molecule has 0 aliphatic carbocycles. The zero-order valence-corrected chi connectivity index (χ0v) is 22.4. The van der Waals surface area contributed by atoms with Gasteiger partial charge >= 0.3 is 5.97 Å². The van der Waals surface area contributed by atoms with Crippen molar-refractivity contribution in [2.45, 2.75) is 61.1 Å². The van der Waals surface area contributed by atoms with Gasteiger partial charge in [-0.3, -0.25) is 14.4 Å². The van der Waals surface area contributed by atoms with Crippen LogP contribution in [0.3, 0.4) is 0 Å². The molecule has 5 rings (SSSR count). The molecule has 198 valence electrons. The lowest BCUT2D eigenvalue weighted by molar-refractivity contribution is -0.154. The van der Waals surface area contributed by atoms with Crippen LogP contribution in [-0.4, -0.2) is 74.5 Å². The highest BCUT2D eigenvalue weighted by Crippen LogP contribution is 2.66. The first-order chi connectivity index (χ1) is 17.9. The zero-order chi connectivity index (χ0) is 26.2. The van der Waals surface area contributed by atoms with E-state index < -0.39 is 33.4 Å². The number of thioether (sulfide) groups is 1. The van der Waals surface area contributed by atoms with Gasteiger partial charge in [0.05, 0.1) is 35.8 Å². The van der Waals surface area contributed by atoms with E-state index in [1.807, 2.05) is 54.3 Å². The molecule has 37 heavy (non-hydrogen) atoms. The van der Waals surface area contributed by atoms with Crippen LogP contribution in [0.25, 0.3) is 0 Å². The smallest absolute Gasteiger partial charge is 0.311 e. The first-order valence-corrected chi connectivity index (χ1v) is 14.2. The van der Waals surface area contributed by atoms with Crippen molar-refractivity contribution in [1.82, 2.24) is 9.80 Å². The van der Waals surface area contributed by atoms with Crippen LogP contribution in [0, 0.1) is 11.8 Å². The van der Waals surface area contributed by atoms with Gasteiger partial charge in [0, 0.05) is 17.8 Å². The molecule has 6 atom stereocenters. The molecular formula is C29H36N2O5S. The highest BCUT2D eigenvalue weighted by molar-refractivity contribution is 8.02. The lowest BCUT2D eigenvalue weighted by atomic mass is 9.74. The van der Waals surface area contributed by atoms with E-state index in [1.165, 1.54) is 0 Å². The number of hydrogen-bond donors (Lipinski definition) is 1. The number of benzene rings is 1. The van der Waals surface area contributed by atoms with Crippen molar-refractivity contribution < 1.29 is 24.2 Å². The maximum atomic E-state index is 14.5. The Labute approximate surface area is 222 Å². The number of carbonyl (C=O) groups is 3. The summed E-state index contributed by atoms with van der Waals surface area (Å²) in [5.41, 5.74) is 0.763. The Balaban J connectivity index is 1.67. The summed E-state index contributed by atoms with van der Waals surface area (Å²) >= 11 is 1.54. The van der Waals surface area contributed by atoms with Gasteiger partial charge in [-0.25, -0.2) is 0 Å². The number of allylic oxidation sites excluding steroid dienone is 1. The number of unbranched alkanes of at least 4 members (excludes halogenated alkanes) is 1. The molecule has 1 spiro atoms. The van der Waals surface area contributed by atoms with Crippen molar-refractivity contribution in [3.8, 4) is 0 Å². The minimum Gasteiger partial charge on any atom is -0.465 e. The third-order valence-electron chi connectivity index (χ3n) is 8.25. The summed E-state index contributed by atoms with van der Waals surface area (Å²) in [6, 6.07) is 7.82. The second-order valence-electron chi connectivity index (χ2n) is 10.6. The van der Waals surface area contributed by atoms with Crippen molar-refractivity contribution in [3.63, 3.8) is 0 Å². The minimum atomic E-state index is -0.945. The molecule has 1 aromatic rings. The number of esters is 1. The van der Waals surface area contributed by atoms with Crippen LogP contribution in [-0.2, 0) is 19.1 Å². The Morgan fingerprint density at radius 3 is 2.62 bits per heavy atom. The molecule has 4 aliphatic rings. The standard InChI is InChI=1S/C29H36N2O5S/c1-3-4-16-30-17-11-15-29-22(23-27(35)36-18-10-6-9-14-28(23,2)37-29)25(33)31(24(29)26(30)34)21(19-32)20-12-7-5-8-13-20/h5,7-9,11-15,21-24,32H,3-4,6,10,16-19H2,1-2H3/b14-9-/t21-,22+,23+,24?,28-,29+/m1/s1. The molecule has 1 N–H and O–H groups in total. The molecule has 4 aliphatic heterocycles. The van der Waals surface area contributed by atoms with Crippen molar-refractivity contribution in [2.75, 3.05) is 26.3 Å². The summed E-state index contributed by atoms with van der Waals surface area (Å²) in [5.74, 6) is -2.28. The zero-order valence-electron chi connectivity index (χ0n) is 21.5. The molecular weight excluding hydrogens is 488 g/mol. The van der Waals surface area contributed by atoms with Crippen molar-refractivity contribution in [2.24, 2.45) is 11.8 Å². The maximum Gasteiger partial charge on any atom is 0.311 e. The van der Waals surface area contributed by atoms with E-state index in [4.69, 9.17) is 4.74 Å². The Bertz CT molecular complexity index is 1110. The third-order valence-corrected chi connectivity index (χ3v) is 10.0. The topological polar surface area (TPSA) is 87.2 Å². The molecule has 0 aromatic heterocycles. The molecule has 1 aromatic carbocycles. The number of rotatable bonds is 6. The molecule has 8 heteroatoms. The highest BCUT2D eigenvalue weighted by atomic mass is 32.2. The van der Waals surface area contributed by atoms with Crippen LogP contribution >= 0.6 is 11.8 Å². The Morgan fingerprint density at radius 2 is 1.89 bits per heavy atom. The molecule has 2 saturated heterocycles. The maximum absolute atomic E-state index is 14.5. The van der Waals surface area contributed by atoms with Gasteiger partial charge in [0.1, 0.15) is 6.04 Å². The van der Waals surface area contributed by atoms with Gasteiger partial charge in [-0.15, -0.1) is 11.8 Å². The monoisotopic (exact) mass is 524 g/mol. The molecule has 4 heterocycles. The largest absolute Gasteiger partial charge is 0.465 e. The average Bonchev–Trinajstić information content (AvgIpc) is 3.24. The first-order valence-electron chi connectivity index (χ1n) is 13.4. The van der Waals surface area contributed by atoms with Crippen LogP contribution in [0.5, 0.6) is 0 Å². The summed E-state index contributed by atoms with van der Waals surface area (Å²) in [6.45, 7) is 5.13. The number of aliphatic hydroxyl groups excluding tert-OH is 1. The van der Waals surface area contributed by atoms with Gasteiger partial charge in [-0.05, 0) is 31.7 Å². The van der Waals surface area contributed by atoms with E-state index >= 15 is 0 Å². The third kappa shape index (κ3) is 4.22. The number of cyclic esters (lactones) is 1. The molecule has 0 radical (unpaired) electrons. The number of likely N-dealkylation sites (tertiary alicyclic amines) is 1. The second kappa shape index (κ2) is 10.3. The number of hydrogen-bond acceptors (Lipinski definition) is 6. The van der Waals surface area contributed by atoms with Crippen molar-refractivity contribution >= 4 is 29.5 Å². The molecule has 2 fully saturated rings. The number of nitrogens with zero attached hydrogens (tertiary/aromatic N) is 2. The Kier molecular flexibility index (Phi) is 7.24. The van der Waals surface area contributed by atoms with Crippen LogP contribution in [0.4, 0.5) is 0 Å². The van der Waals surface area contributed by atoms with E-state index in [-0.39, 0.29) is 24.4 Å². The fraction of sp³-hybridized carbons (Fsp3) is 0.552. The van der Waals surface area contributed by atoms with Gasteiger partial charge in [-0.2, -0.15) is 0 Å². The van der Waals surface area contributed by atoms with Crippen molar-refractivity contribution in [1.29, 1.82) is 0 Å². The SMILES string of the molecule is CCCCN1CC=C[C@]23S[C@]4(C)/C=C\CCCOC(=O)[C@@H]4[C@H]2C(=O)N([C@H](CO)c2ccccc2)C3C1=O. The van der Waals surface area contributed by atoms with Gasteiger partial charge in [0.2, 0.25) is 11.8 Å². The molecule has 1 unspecified atom stereocenters. The summed E-state index contributed by atoms with van der Waals surface area (Å²) in [7, 11) is 0. The number of carbonyl (C=O) groups excluding carboxylic acids is 3. The average molecular weight is 525 g/mol. The lowest BCUT2D eigenvalue weighted by Crippen LogP contribution is -2.54. The van der Waals surface area contributed by atoms with Gasteiger partial charge in [-0.1, -0.05) is 68.0 Å². The normalized spacial score (nSPS) is 35.0. The predicted molar refractivity (Wildman–Crippen MR) is 143 cm³/mol. The van der Waals surface area contributed by atoms with E-state index in [0.29, 0.717) is 19.7 Å². The van der Waals surface area contributed by atoms with E-state index in [0.717, 1.165) is 31.2 Å². The predicted octanol–water partition coefficient (Wildman–Crippen LogP) is 3.50. The van der Waals surface area contributed by atoms with E-state index in [1.54, 1.807) is 16.7 Å².